The fraction of sp³-hybridized carbons (Fsp3) is 0.0492. The Morgan fingerprint density at radius 1 is 0.308 bits per heavy atom. The summed E-state index contributed by atoms with van der Waals surface area (Å²) in [4.78, 5) is 2.54. The van der Waals surface area contributed by atoms with Gasteiger partial charge < -0.3 is 18.6 Å². The highest BCUT2D eigenvalue weighted by atomic mass is 15.2. The van der Waals surface area contributed by atoms with Gasteiger partial charge in [0, 0.05) is 49.7 Å². The third kappa shape index (κ3) is 5.70. The molecule has 4 nitrogen and oxygen atoms in total. The molecule has 308 valence electrons. The third-order valence-electron chi connectivity index (χ3n) is 13.8. The number of nitrogens with zero attached hydrogens (tertiary/aromatic N) is 4. The molecule has 0 bridgehead atoms. The van der Waals surface area contributed by atoms with Crippen LogP contribution in [0.25, 0.3) is 83.2 Å². The summed E-state index contributed by atoms with van der Waals surface area (Å²) < 4.78 is 7.28. The molecule has 0 amide bonds. The second-order valence-electron chi connectivity index (χ2n) is 17.8. The molecule has 0 N–H and O–H groups in total. The van der Waals surface area contributed by atoms with Gasteiger partial charge in [0.05, 0.1) is 44.8 Å². The predicted octanol–water partition coefficient (Wildman–Crippen LogP) is 16.1. The molecule has 0 fully saturated rings. The first-order valence-corrected chi connectivity index (χ1v) is 22.5. The van der Waals surface area contributed by atoms with Crippen LogP contribution in [0.2, 0.25) is 0 Å². The Balaban J connectivity index is 1.09. The lowest BCUT2D eigenvalue weighted by Gasteiger charge is -2.42. The van der Waals surface area contributed by atoms with Crippen molar-refractivity contribution in [2.45, 2.75) is 19.3 Å². The van der Waals surface area contributed by atoms with Gasteiger partial charge in [0.2, 0.25) is 0 Å². The summed E-state index contributed by atoms with van der Waals surface area (Å²) in [6.07, 6.45) is 0. The quantitative estimate of drug-likeness (QED) is 0.163. The highest BCUT2D eigenvalue weighted by Gasteiger charge is 2.38. The molecule has 0 atom stereocenters. The van der Waals surface area contributed by atoms with Gasteiger partial charge in [-0.1, -0.05) is 159 Å². The van der Waals surface area contributed by atoms with Crippen molar-refractivity contribution in [3.05, 3.63) is 242 Å². The van der Waals surface area contributed by atoms with Crippen LogP contribution < -0.4 is 4.90 Å². The van der Waals surface area contributed by atoms with Crippen molar-refractivity contribution in [3.63, 3.8) is 0 Å². The zero-order valence-electron chi connectivity index (χ0n) is 36.2. The molecule has 12 aromatic rings. The smallest absolute Gasteiger partial charge is 0.0542 e. The van der Waals surface area contributed by atoms with Crippen molar-refractivity contribution in [2.24, 2.45) is 0 Å². The van der Waals surface area contributed by atoms with Crippen LogP contribution in [0.3, 0.4) is 0 Å². The van der Waals surface area contributed by atoms with Crippen molar-refractivity contribution in [1.82, 2.24) is 13.7 Å². The molecule has 0 saturated carbocycles. The average molecular weight is 833 g/mol. The first-order valence-electron chi connectivity index (χ1n) is 22.5. The second-order valence-corrected chi connectivity index (χ2v) is 17.8. The Morgan fingerprint density at radius 3 is 1.31 bits per heavy atom. The van der Waals surface area contributed by atoms with Crippen molar-refractivity contribution in [1.29, 1.82) is 0 Å². The number of benzene rings is 9. The van der Waals surface area contributed by atoms with Gasteiger partial charge in [-0.3, -0.25) is 0 Å². The molecule has 4 heterocycles. The maximum Gasteiger partial charge on any atom is 0.0542 e. The Morgan fingerprint density at radius 2 is 0.754 bits per heavy atom. The van der Waals surface area contributed by atoms with Gasteiger partial charge in [0.15, 0.2) is 0 Å². The van der Waals surface area contributed by atoms with E-state index in [0.717, 1.165) is 22.7 Å². The Labute approximate surface area is 378 Å². The molecule has 3 aromatic heterocycles. The standard InChI is InChI=1S/C61H44N4/c1-61(2)51-33-30-47(63-53-27-15-12-22-43(53)36-57(63)41-18-6-3-7-19-41)39-59(51)65(46-32-35-56-50(38-46)49-26-14-17-29-55(49)62(56)45-24-10-5-11-25-45)60-40-48(31-34-52(60)61)64-54-28-16-13-23-44(54)37-58(64)42-20-8-4-9-21-42/h3-40H,1-2H3. The minimum absolute atomic E-state index is 0.312. The fourth-order valence-corrected chi connectivity index (χ4v) is 10.8. The summed E-state index contributed by atoms with van der Waals surface area (Å²) in [6, 6.07) is 84.6. The topological polar surface area (TPSA) is 18.0 Å². The lowest BCUT2D eigenvalue weighted by molar-refractivity contribution is 0.631. The number of anilines is 3. The van der Waals surface area contributed by atoms with Crippen LogP contribution in [0.1, 0.15) is 25.0 Å². The number of fused-ring (bicyclic) bond motifs is 7. The average Bonchev–Trinajstić information content (AvgIpc) is 4.05. The molecule has 0 aliphatic carbocycles. The van der Waals surface area contributed by atoms with Gasteiger partial charge >= 0.3 is 0 Å². The first kappa shape index (κ1) is 37.2. The van der Waals surface area contributed by atoms with E-state index in [1.165, 1.54) is 88.6 Å². The SMILES string of the molecule is CC1(C)c2ccc(-n3c(-c4ccccc4)cc4ccccc43)cc2N(c2ccc3c(c2)c2ccccc2n3-c2ccccc2)c2cc(-n3c(-c4ccccc4)cc4ccccc43)ccc21. The van der Waals surface area contributed by atoms with Crippen LogP contribution in [0, 0.1) is 0 Å². The number of hydrogen-bond acceptors (Lipinski definition) is 1. The Hall–Kier alpha value is -8.34. The van der Waals surface area contributed by atoms with Crippen LogP contribution in [0.15, 0.2) is 231 Å². The molecule has 13 rings (SSSR count). The molecule has 4 heteroatoms. The summed E-state index contributed by atoms with van der Waals surface area (Å²) in [7, 11) is 0. The molecule has 1 aliphatic heterocycles. The highest BCUT2D eigenvalue weighted by molar-refractivity contribution is 6.11. The van der Waals surface area contributed by atoms with Crippen LogP contribution in [0.4, 0.5) is 17.1 Å². The summed E-state index contributed by atoms with van der Waals surface area (Å²) in [6.45, 7) is 4.78. The van der Waals surface area contributed by atoms with Gasteiger partial charge in [0.25, 0.3) is 0 Å². The van der Waals surface area contributed by atoms with E-state index in [9.17, 15) is 0 Å². The molecule has 1 aliphatic rings. The molecule has 9 aromatic carbocycles. The highest BCUT2D eigenvalue weighted by Crippen LogP contribution is 2.54. The molecular weight excluding hydrogens is 789 g/mol. The maximum absolute atomic E-state index is 2.54. The van der Waals surface area contributed by atoms with E-state index in [-0.39, 0.29) is 5.41 Å². The van der Waals surface area contributed by atoms with Crippen LogP contribution in [-0.2, 0) is 5.41 Å². The van der Waals surface area contributed by atoms with E-state index in [4.69, 9.17) is 0 Å². The Bertz CT molecular complexity index is 3620. The van der Waals surface area contributed by atoms with Crippen LogP contribution in [0.5, 0.6) is 0 Å². The van der Waals surface area contributed by atoms with E-state index in [2.05, 4.69) is 263 Å². The monoisotopic (exact) mass is 832 g/mol. The van der Waals surface area contributed by atoms with Gasteiger partial charge in [0.1, 0.15) is 0 Å². The molecular formula is C61H44N4. The molecule has 0 saturated heterocycles. The number of hydrogen-bond donors (Lipinski definition) is 0. The zero-order valence-corrected chi connectivity index (χ0v) is 36.2. The maximum atomic E-state index is 2.54. The van der Waals surface area contributed by atoms with Crippen LogP contribution in [-0.4, -0.2) is 13.7 Å². The van der Waals surface area contributed by atoms with Crippen molar-refractivity contribution < 1.29 is 0 Å². The summed E-state index contributed by atoms with van der Waals surface area (Å²) >= 11 is 0. The van der Waals surface area contributed by atoms with E-state index >= 15 is 0 Å². The number of rotatable bonds is 6. The van der Waals surface area contributed by atoms with Crippen molar-refractivity contribution in [3.8, 4) is 39.6 Å². The third-order valence-corrected chi connectivity index (χ3v) is 13.8. The lowest BCUT2D eigenvalue weighted by atomic mass is 9.73. The van der Waals surface area contributed by atoms with Crippen molar-refractivity contribution in [2.75, 3.05) is 4.90 Å². The first-order chi connectivity index (χ1) is 32.0. The van der Waals surface area contributed by atoms with E-state index in [1.807, 2.05) is 0 Å². The van der Waals surface area contributed by atoms with Gasteiger partial charge in [-0.2, -0.15) is 0 Å². The summed E-state index contributed by atoms with van der Waals surface area (Å²) in [5.74, 6) is 0. The molecule has 0 unspecified atom stereocenters. The lowest BCUT2D eigenvalue weighted by Crippen LogP contribution is -2.31. The molecule has 65 heavy (non-hydrogen) atoms. The van der Waals surface area contributed by atoms with E-state index in [1.54, 1.807) is 0 Å². The molecule has 0 radical (unpaired) electrons. The van der Waals surface area contributed by atoms with Gasteiger partial charge in [-0.05, 0) is 107 Å². The predicted molar refractivity (Wildman–Crippen MR) is 272 cm³/mol. The fourth-order valence-electron chi connectivity index (χ4n) is 10.8. The minimum atomic E-state index is -0.312. The Kier molecular flexibility index (Phi) is 8.22. The van der Waals surface area contributed by atoms with E-state index in [0.29, 0.717) is 0 Å². The molecule has 0 spiro atoms. The number of aromatic nitrogens is 3. The summed E-state index contributed by atoms with van der Waals surface area (Å²) in [5.41, 5.74) is 18.5. The minimum Gasteiger partial charge on any atom is -0.310 e. The summed E-state index contributed by atoms with van der Waals surface area (Å²) in [5, 5.41) is 4.87. The largest absolute Gasteiger partial charge is 0.310 e. The normalized spacial score (nSPS) is 13.2. The second kappa shape index (κ2) is 14.3. The van der Waals surface area contributed by atoms with E-state index < -0.39 is 0 Å². The number of para-hydroxylation sites is 4. The van der Waals surface area contributed by atoms with Crippen molar-refractivity contribution >= 4 is 60.7 Å². The van der Waals surface area contributed by atoms with Gasteiger partial charge in [-0.25, -0.2) is 0 Å². The van der Waals surface area contributed by atoms with Gasteiger partial charge in [-0.15, -0.1) is 0 Å². The van der Waals surface area contributed by atoms with Crippen LogP contribution >= 0.6 is 0 Å². The zero-order chi connectivity index (χ0) is 43.2.